The van der Waals surface area contributed by atoms with Crippen molar-refractivity contribution in [3.8, 4) is 5.69 Å². The van der Waals surface area contributed by atoms with Gasteiger partial charge in [-0.1, -0.05) is 23.4 Å². The minimum Gasteiger partial charge on any atom is -0.339 e. The number of aryl methyl sites for hydroxylation is 1. The van der Waals surface area contributed by atoms with E-state index in [0.717, 1.165) is 11.4 Å². The van der Waals surface area contributed by atoms with Crippen LogP contribution in [0.4, 0.5) is 4.79 Å². The van der Waals surface area contributed by atoms with Crippen LogP contribution in [0.3, 0.4) is 0 Å². The zero-order chi connectivity index (χ0) is 13.4. The van der Waals surface area contributed by atoms with Crippen LogP contribution < -0.4 is 5.32 Å². The minimum atomic E-state index is -0.348. The molecule has 0 fully saturated rings. The molecule has 1 aromatic carbocycles. The molecule has 0 spiro atoms. The summed E-state index contributed by atoms with van der Waals surface area (Å²) in [5.74, 6) is 0. The highest BCUT2D eigenvalue weighted by Gasteiger charge is 2.19. The van der Waals surface area contributed by atoms with E-state index in [1.54, 1.807) is 11.7 Å². The van der Waals surface area contributed by atoms with Crippen LogP contribution in [0.15, 0.2) is 30.3 Å². The number of hydrogen-bond donors (Lipinski definition) is 1. The first kappa shape index (κ1) is 11.4. The molecule has 1 N–H and O–H groups in total. The summed E-state index contributed by atoms with van der Waals surface area (Å²) >= 11 is 0. The summed E-state index contributed by atoms with van der Waals surface area (Å²) < 4.78 is 2.88. The molecule has 2 heterocycles. The monoisotopic (exact) mass is 256 g/mol. The van der Waals surface area contributed by atoms with Gasteiger partial charge in [0.2, 0.25) is 0 Å². The second-order valence-corrected chi connectivity index (χ2v) is 4.06. The van der Waals surface area contributed by atoms with Crippen LogP contribution in [0, 0.1) is 6.92 Å². The Bertz CT molecular complexity index is 742. The highest BCUT2D eigenvalue weighted by molar-refractivity contribution is 5.87. The normalized spacial score (nSPS) is 10.8. The molecular weight excluding hydrogens is 244 g/mol. The molecule has 0 saturated heterocycles. The van der Waals surface area contributed by atoms with E-state index >= 15 is 0 Å². The lowest BCUT2D eigenvalue weighted by Gasteiger charge is -2.04. The lowest BCUT2D eigenvalue weighted by molar-refractivity contribution is 0.241. The molecule has 7 nitrogen and oxygen atoms in total. The number of aromatic nitrogens is 5. The highest BCUT2D eigenvalue weighted by atomic mass is 16.2. The van der Waals surface area contributed by atoms with Crippen LogP contribution in [-0.4, -0.2) is 37.9 Å². The van der Waals surface area contributed by atoms with Crippen molar-refractivity contribution in [2.75, 3.05) is 7.05 Å². The molecule has 0 bridgehead atoms. The van der Waals surface area contributed by atoms with Gasteiger partial charge in [-0.25, -0.2) is 9.48 Å². The Morgan fingerprint density at radius 1 is 1.26 bits per heavy atom. The molecule has 1 amide bonds. The molecule has 0 radical (unpaired) electrons. The zero-order valence-corrected chi connectivity index (χ0v) is 10.5. The van der Waals surface area contributed by atoms with Gasteiger partial charge < -0.3 is 5.32 Å². The number of fused-ring (bicyclic) bond motifs is 1. The Kier molecular flexibility index (Phi) is 2.52. The summed E-state index contributed by atoms with van der Waals surface area (Å²) in [6, 6.07) is 9.21. The van der Waals surface area contributed by atoms with Crippen LogP contribution in [0.1, 0.15) is 5.69 Å². The number of amides is 1. The van der Waals surface area contributed by atoms with Gasteiger partial charge in [0.1, 0.15) is 0 Å². The van der Waals surface area contributed by atoms with Crippen molar-refractivity contribution in [1.29, 1.82) is 0 Å². The molecule has 2 aromatic heterocycles. The second kappa shape index (κ2) is 4.20. The van der Waals surface area contributed by atoms with Gasteiger partial charge in [-0.3, -0.25) is 0 Å². The average molecular weight is 256 g/mol. The predicted octanol–water partition coefficient (Wildman–Crippen LogP) is 1.11. The van der Waals surface area contributed by atoms with Crippen molar-refractivity contribution in [1.82, 2.24) is 30.1 Å². The molecule has 3 rings (SSSR count). The number of rotatable bonds is 1. The van der Waals surface area contributed by atoms with Crippen molar-refractivity contribution in [3.63, 3.8) is 0 Å². The second-order valence-electron chi connectivity index (χ2n) is 4.06. The van der Waals surface area contributed by atoms with Gasteiger partial charge in [0, 0.05) is 7.05 Å². The van der Waals surface area contributed by atoms with Crippen LogP contribution in [0.2, 0.25) is 0 Å². The average Bonchev–Trinajstić information content (AvgIpc) is 3.01. The van der Waals surface area contributed by atoms with Gasteiger partial charge in [-0.05, 0) is 19.1 Å². The highest BCUT2D eigenvalue weighted by Crippen LogP contribution is 2.19. The fourth-order valence-electron chi connectivity index (χ4n) is 1.94. The van der Waals surface area contributed by atoms with E-state index in [-0.39, 0.29) is 6.03 Å². The summed E-state index contributed by atoms with van der Waals surface area (Å²) in [6.45, 7) is 1.84. The fourth-order valence-corrected chi connectivity index (χ4v) is 1.94. The summed E-state index contributed by atoms with van der Waals surface area (Å²) in [4.78, 5) is 11.8. The molecule has 19 heavy (non-hydrogen) atoms. The Morgan fingerprint density at radius 3 is 2.68 bits per heavy atom. The van der Waals surface area contributed by atoms with Crippen molar-refractivity contribution in [2.45, 2.75) is 6.92 Å². The van der Waals surface area contributed by atoms with E-state index in [1.807, 2.05) is 37.3 Å². The Labute approximate surface area is 108 Å². The molecule has 0 aliphatic rings. The third-order valence-electron chi connectivity index (χ3n) is 2.85. The van der Waals surface area contributed by atoms with Gasteiger partial charge in [0.25, 0.3) is 0 Å². The number of para-hydroxylation sites is 1. The van der Waals surface area contributed by atoms with Gasteiger partial charge >= 0.3 is 6.03 Å². The van der Waals surface area contributed by atoms with Gasteiger partial charge in [-0.2, -0.15) is 5.10 Å². The third-order valence-corrected chi connectivity index (χ3v) is 2.85. The lowest BCUT2D eigenvalue weighted by atomic mass is 10.3. The number of carbonyl (C=O) groups excluding carboxylic acids is 1. The lowest BCUT2D eigenvalue weighted by Crippen LogP contribution is -2.26. The largest absolute Gasteiger partial charge is 0.345 e. The smallest absolute Gasteiger partial charge is 0.339 e. The van der Waals surface area contributed by atoms with Crippen molar-refractivity contribution >= 4 is 17.2 Å². The third kappa shape index (κ3) is 1.67. The van der Waals surface area contributed by atoms with E-state index in [4.69, 9.17) is 0 Å². The van der Waals surface area contributed by atoms with Crippen LogP contribution in [-0.2, 0) is 0 Å². The van der Waals surface area contributed by atoms with E-state index < -0.39 is 0 Å². The Morgan fingerprint density at radius 2 is 2.00 bits per heavy atom. The van der Waals surface area contributed by atoms with E-state index in [2.05, 4.69) is 20.7 Å². The summed E-state index contributed by atoms with van der Waals surface area (Å²) in [7, 11) is 1.55. The van der Waals surface area contributed by atoms with E-state index in [0.29, 0.717) is 11.2 Å². The van der Waals surface area contributed by atoms with Crippen molar-refractivity contribution in [2.24, 2.45) is 0 Å². The van der Waals surface area contributed by atoms with E-state index in [1.165, 1.54) is 4.68 Å². The quantitative estimate of drug-likeness (QED) is 0.707. The summed E-state index contributed by atoms with van der Waals surface area (Å²) in [5, 5.41) is 14.8. The molecule has 0 atom stereocenters. The molecule has 0 aliphatic heterocycles. The molecule has 0 aliphatic carbocycles. The topological polar surface area (TPSA) is 77.6 Å². The zero-order valence-electron chi connectivity index (χ0n) is 10.5. The van der Waals surface area contributed by atoms with Gasteiger partial charge in [0.15, 0.2) is 11.2 Å². The molecule has 0 unspecified atom stereocenters. The van der Waals surface area contributed by atoms with Crippen LogP contribution >= 0.6 is 0 Å². The number of hydrogen-bond acceptors (Lipinski definition) is 4. The van der Waals surface area contributed by atoms with Crippen LogP contribution in [0.5, 0.6) is 0 Å². The SMILES string of the molecule is CNC(=O)n1nnc2c(C)nn(-c3ccccc3)c21. The maximum Gasteiger partial charge on any atom is 0.345 e. The summed E-state index contributed by atoms with van der Waals surface area (Å²) in [6.07, 6.45) is 0. The van der Waals surface area contributed by atoms with Gasteiger partial charge in [0.05, 0.1) is 11.4 Å². The maximum atomic E-state index is 11.8. The predicted molar refractivity (Wildman–Crippen MR) is 69.2 cm³/mol. The van der Waals surface area contributed by atoms with Crippen molar-refractivity contribution in [3.05, 3.63) is 36.0 Å². The first-order valence-electron chi connectivity index (χ1n) is 5.81. The molecule has 96 valence electrons. The molecule has 7 heteroatoms. The molecule has 0 saturated carbocycles. The Hall–Kier alpha value is -2.70. The standard InChI is InChI=1S/C12H12N6O/c1-8-10-11(18(16-14-10)12(19)13-2)17(15-8)9-6-4-3-5-7-9/h3-7H,1-2H3,(H,13,19). The number of carbonyl (C=O) groups is 1. The minimum absolute atomic E-state index is 0.348. The van der Waals surface area contributed by atoms with Gasteiger partial charge in [-0.15, -0.1) is 9.78 Å². The molecule has 3 aromatic rings. The number of nitrogens with one attached hydrogen (secondary N) is 1. The van der Waals surface area contributed by atoms with E-state index in [9.17, 15) is 4.79 Å². The number of nitrogens with zero attached hydrogens (tertiary/aromatic N) is 5. The van der Waals surface area contributed by atoms with Crippen molar-refractivity contribution < 1.29 is 4.79 Å². The number of benzene rings is 1. The van der Waals surface area contributed by atoms with Crippen LogP contribution in [0.25, 0.3) is 16.9 Å². The first-order valence-corrected chi connectivity index (χ1v) is 5.81. The summed E-state index contributed by atoms with van der Waals surface area (Å²) in [5.41, 5.74) is 2.76. The molecular formula is C12H12N6O. The first-order chi connectivity index (χ1) is 9.22. The Balaban J connectivity index is 2.31. The maximum absolute atomic E-state index is 11.8. The fraction of sp³-hybridized carbons (Fsp3) is 0.167.